The fourth-order valence-electron chi connectivity index (χ4n) is 2.60. The Morgan fingerprint density at radius 2 is 1.93 bits per heavy atom. The van der Waals surface area contributed by atoms with Crippen molar-refractivity contribution in [2.24, 2.45) is 5.73 Å². The lowest BCUT2D eigenvalue weighted by atomic mass is 10.2. The lowest BCUT2D eigenvalue weighted by molar-refractivity contribution is 0.301. The van der Waals surface area contributed by atoms with Crippen molar-refractivity contribution in [1.29, 1.82) is 0 Å². The standard InChI is InChI=1S/C19H16N4O3.ClH/c20-10-16-8-18(24)17-7-6-15(9-19(17)26-16)25-12-13-11-23(22-21-13)14-4-2-1-3-5-14;/h1-9,11H,10,12,20H2;1H. The minimum absolute atomic E-state index is 0. The summed E-state index contributed by atoms with van der Waals surface area (Å²) in [4.78, 5) is 12.0. The van der Waals surface area contributed by atoms with Crippen LogP contribution >= 0.6 is 12.4 Å². The molecule has 0 radical (unpaired) electrons. The Labute approximate surface area is 160 Å². The number of benzene rings is 2. The molecule has 0 aliphatic rings. The molecule has 0 spiro atoms. The summed E-state index contributed by atoms with van der Waals surface area (Å²) in [5.74, 6) is 1.01. The van der Waals surface area contributed by atoms with E-state index in [0.717, 1.165) is 5.69 Å². The van der Waals surface area contributed by atoms with Crippen LogP contribution in [0.1, 0.15) is 11.5 Å². The monoisotopic (exact) mass is 384 g/mol. The Morgan fingerprint density at radius 1 is 1.11 bits per heavy atom. The van der Waals surface area contributed by atoms with Crippen molar-refractivity contribution in [3.8, 4) is 11.4 Å². The van der Waals surface area contributed by atoms with Crippen LogP contribution in [0.5, 0.6) is 5.75 Å². The summed E-state index contributed by atoms with van der Waals surface area (Å²) in [6.45, 7) is 0.415. The lowest BCUT2D eigenvalue weighted by Crippen LogP contribution is -2.05. The van der Waals surface area contributed by atoms with Crippen LogP contribution in [0.2, 0.25) is 0 Å². The number of nitrogens with zero attached hydrogens (tertiary/aromatic N) is 3. The molecule has 0 saturated heterocycles. The molecule has 0 fully saturated rings. The van der Waals surface area contributed by atoms with Gasteiger partial charge in [0.25, 0.3) is 0 Å². The summed E-state index contributed by atoms with van der Waals surface area (Å²) in [6, 6.07) is 16.2. The summed E-state index contributed by atoms with van der Waals surface area (Å²) in [5.41, 5.74) is 7.49. The first kappa shape index (κ1) is 18.6. The molecule has 0 aliphatic heterocycles. The molecule has 0 atom stereocenters. The number of nitrogens with two attached hydrogens (primary N) is 1. The smallest absolute Gasteiger partial charge is 0.193 e. The van der Waals surface area contributed by atoms with Gasteiger partial charge in [0.15, 0.2) is 5.43 Å². The Hall–Kier alpha value is -3.16. The van der Waals surface area contributed by atoms with E-state index >= 15 is 0 Å². The highest BCUT2D eigenvalue weighted by atomic mass is 35.5. The van der Waals surface area contributed by atoms with Gasteiger partial charge in [0.05, 0.1) is 23.8 Å². The molecule has 4 aromatic rings. The zero-order chi connectivity index (χ0) is 17.9. The molecule has 2 aromatic carbocycles. The number of ether oxygens (including phenoxy) is 1. The van der Waals surface area contributed by atoms with E-state index in [0.29, 0.717) is 28.2 Å². The van der Waals surface area contributed by atoms with Crippen molar-refractivity contribution in [3.63, 3.8) is 0 Å². The maximum Gasteiger partial charge on any atom is 0.193 e. The topological polar surface area (TPSA) is 96.2 Å². The van der Waals surface area contributed by atoms with Crippen LogP contribution in [0, 0.1) is 0 Å². The molecule has 0 bridgehead atoms. The van der Waals surface area contributed by atoms with E-state index in [4.69, 9.17) is 14.9 Å². The normalized spacial score (nSPS) is 10.6. The van der Waals surface area contributed by atoms with E-state index in [2.05, 4.69) is 10.3 Å². The average molecular weight is 385 g/mol. The molecule has 138 valence electrons. The highest BCUT2D eigenvalue weighted by molar-refractivity contribution is 5.85. The first-order valence-corrected chi connectivity index (χ1v) is 8.09. The zero-order valence-corrected chi connectivity index (χ0v) is 15.1. The van der Waals surface area contributed by atoms with Gasteiger partial charge in [-0.3, -0.25) is 4.79 Å². The van der Waals surface area contributed by atoms with Crippen LogP contribution in [0.15, 0.2) is 70.0 Å². The maximum atomic E-state index is 12.0. The number of rotatable bonds is 5. The second-order valence-electron chi connectivity index (χ2n) is 5.72. The SMILES string of the molecule is Cl.NCc1cc(=O)c2ccc(OCc3cn(-c4ccccc4)nn3)cc2o1. The number of aromatic nitrogens is 3. The third kappa shape index (κ3) is 3.99. The van der Waals surface area contributed by atoms with Crippen molar-refractivity contribution in [1.82, 2.24) is 15.0 Å². The van der Waals surface area contributed by atoms with Crippen molar-refractivity contribution >= 4 is 23.4 Å². The van der Waals surface area contributed by atoms with Gasteiger partial charge >= 0.3 is 0 Å². The summed E-state index contributed by atoms with van der Waals surface area (Å²) in [5, 5.41) is 8.70. The van der Waals surface area contributed by atoms with Crippen LogP contribution in [-0.2, 0) is 13.2 Å². The third-order valence-electron chi connectivity index (χ3n) is 3.90. The van der Waals surface area contributed by atoms with Gasteiger partial charge in [0.2, 0.25) is 0 Å². The minimum Gasteiger partial charge on any atom is -0.487 e. The zero-order valence-electron chi connectivity index (χ0n) is 14.2. The van der Waals surface area contributed by atoms with Crippen LogP contribution < -0.4 is 15.9 Å². The van der Waals surface area contributed by atoms with E-state index < -0.39 is 0 Å². The Balaban J connectivity index is 0.00000210. The molecule has 0 amide bonds. The number of para-hydroxylation sites is 1. The quantitative estimate of drug-likeness (QED) is 0.568. The van der Waals surface area contributed by atoms with Gasteiger partial charge in [-0.25, -0.2) is 4.68 Å². The van der Waals surface area contributed by atoms with Gasteiger partial charge in [-0.05, 0) is 24.3 Å². The number of hydrogen-bond acceptors (Lipinski definition) is 6. The highest BCUT2D eigenvalue weighted by Gasteiger charge is 2.07. The summed E-state index contributed by atoms with van der Waals surface area (Å²) in [7, 11) is 0. The summed E-state index contributed by atoms with van der Waals surface area (Å²) >= 11 is 0. The molecule has 7 nitrogen and oxygen atoms in total. The molecule has 8 heteroatoms. The van der Waals surface area contributed by atoms with E-state index in [1.165, 1.54) is 6.07 Å². The second kappa shape index (κ2) is 8.03. The molecular weight excluding hydrogens is 368 g/mol. The first-order valence-electron chi connectivity index (χ1n) is 8.09. The van der Waals surface area contributed by atoms with Crippen LogP contribution in [-0.4, -0.2) is 15.0 Å². The molecule has 2 heterocycles. The molecule has 0 unspecified atom stereocenters. The van der Waals surface area contributed by atoms with Gasteiger partial charge < -0.3 is 14.9 Å². The fraction of sp³-hybridized carbons (Fsp3) is 0.105. The van der Waals surface area contributed by atoms with Gasteiger partial charge in [-0.1, -0.05) is 23.4 Å². The summed E-state index contributed by atoms with van der Waals surface area (Å²) < 4.78 is 13.0. The molecule has 0 aliphatic carbocycles. The van der Waals surface area contributed by atoms with Crippen LogP contribution in [0.3, 0.4) is 0 Å². The van der Waals surface area contributed by atoms with E-state index in [9.17, 15) is 4.79 Å². The molecular formula is C19H17ClN4O3. The predicted octanol–water partition coefficient (Wildman–Crippen LogP) is 2.83. The molecule has 2 N–H and O–H groups in total. The van der Waals surface area contributed by atoms with Gasteiger partial charge in [0.1, 0.15) is 29.4 Å². The van der Waals surface area contributed by atoms with Gasteiger partial charge in [0, 0.05) is 12.1 Å². The fourth-order valence-corrected chi connectivity index (χ4v) is 2.60. The summed E-state index contributed by atoms with van der Waals surface area (Å²) in [6.07, 6.45) is 1.81. The lowest BCUT2D eigenvalue weighted by Gasteiger charge is -2.06. The second-order valence-corrected chi connectivity index (χ2v) is 5.72. The van der Waals surface area contributed by atoms with E-state index in [1.54, 1.807) is 22.9 Å². The van der Waals surface area contributed by atoms with Crippen LogP contribution in [0.25, 0.3) is 16.7 Å². The first-order chi connectivity index (χ1) is 12.7. The minimum atomic E-state index is -0.121. The van der Waals surface area contributed by atoms with E-state index in [-0.39, 0.29) is 31.0 Å². The molecule has 0 saturated carbocycles. The number of hydrogen-bond donors (Lipinski definition) is 1. The van der Waals surface area contributed by atoms with Crippen molar-refractivity contribution < 1.29 is 9.15 Å². The highest BCUT2D eigenvalue weighted by Crippen LogP contribution is 2.20. The largest absolute Gasteiger partial charge is 0.487 e. The maximum absolute atomic E-state index is 12.0. The van der Waals surface area contributed by atoms with Crippen molar-refractivity contribution in [2.45, 2.75) is 13.2 Å². The van der Waals surface area contributed by atoms with Gasteiger partial charge in [-0.15, -0.1) is 17.5 Å². The Bertz CT molecular complexity index is 1110. The molecule has 27 heavy (non-hydrogen) atoms. The number of halogens is 1. The number of fused-ring (bicyclic) bond motifs is 1. The van der Waals surface area contributed by atoms with Crippen molar-refractivity contribution in [2.75, 3.05) is 0 Å². The predicted molar refractivity (Wildman–Crippen MR) is 103 cm³/mol. The Morgan fingerprint density at radius 3 is 2.70 bits per heavy atom. The van der Waals surface area contributed by atoms with E-state index in [1.807, 2.05) is 36.5 Å². The molecule has 2 aromatic heterocycles. The van der Waals surface area contributed by atoms with Crippen molar-refractivity contribution in [3.05, 3.63) is 82.5 Å². The van der Waals surface area contributed by atoms with Gasteiger partial charge in [-0.2, -0.15) is 0 Å². The molecule has 4 rings (SSSR count). The third-order valence-corrected chi connectivity index (χ3v) is 3.90. The Kier molecular flexibility index (Phi) is 5.54. The van der Waals surface area contributed by atoms with Crippen LogP contribution in [0.4, 0.5) is 0 Å². The average Bonchev–Trinajstić information content (AvgIpc) is 3.16.